The normalized spacial score (nSPS) is 10.9. The molecule has 0 unspecified atom stereocenters. The number of carbonyl (C=O) groups is 1. The van der Waals surface area contributed by atoms with Crippen LogP contribution in [-0.2, 0) is 35.7 Å². The highest BCUT2D eigenvalue weighted by molar-refractivity contribution is 5.90. The minimum absolute atomic E-state index is 0. The third-order valence-electron chi connectivity index (χ3n) is 21.1. The highest BCUT2D eigenvalue weighted by atomic mass is 16.5. The second kappa shape index (κ2) is 39.4. The molecule has 0 saturated heterocycles. The molecule has 0 radical (unpaired) electrons. The van der Waals surface area contributed by atoms with Gasteiger partial charge in [-0.25, -0.2) is 62.7 Å². The summed E-state index contributed by atoms with van der Waals surface area (Å²) in [5.74, 6) is 3.43. The number of methoxy groups -OCH3 is 2. The van der Waals surface area contributed by atoms with Crippen LogP contribution >= 0.6 is 0 Å². The number of aromatic amines is 4. The number of aromatic nitrogens is 24. The van der Waals surface area contributed by atoms with Gasteiger partial charge in [-0.15, -0.1) is 0 Å². The van der Waals surface area contributed by atoms with Gasteiger partial charge in [-0.05, 0) is 210 Å². The molecule has 31 heteroatoms. The number of imidazole rings is 4. The molecule has 0 saturated carbocycles. The first-order valence-corrected chi connectivity index (χ1v) is 41.6. The maximum Gasteiger partial charge on any atom is 0.337 e. The summed E-state index contributed by atoms with van der Waals surface area (Å²) in [4.78, 5) is 80.7. The number of nitrogens with one attached hydrogen (secondary N) is 8. The van der Waals surface area contributed by atoms with E-state index in [0.29, 0.717) is 37.5 Å². The third-order valence-corrected chi connectivity index (χ3v) is 21.1. The smallest absolute Gasteiger partial charge is 0.337 e. The van der Waals surface area contributed by atoms with Crippen LogP contribution in [0.1, 0.15) is 94.4 Å². The van der Waals surface area contributed by atoms with Gasteiger partial charge in [0.25, 0.3) is 0 Å². The first kappa shape index (κ1) is 87.0. The second-order valence-electron chi connectivity index (χ2n) is 30.6. The van der Waals surface area contributed by atoms with E-state index in [1.54, 1.807) is 50.0 Å². The third kappa shape index (κ3) is 20.6. The molecule has 0 aliphatic carbocycles. The Balaban J connectivity index is 0.000000127. The standard InChI is InChI=1S/C25H23N7O.2C25H23N7.C24H21N7O2.CH4/c1-16-6-4-9-21(29-16)25-24(19-10-11-23-27-15-28-32(23)14-19)30-22(31-25)13-26-20-8-5-7-18(12-20)17(2)33-3;1-16(2)18-7-5-8-20(12-18)26-13-22-30-24(19-10-11-23-27-15-28-32(23)14-19)25(31-22)21-9-4-6-17(3)29-21;1-16(2)18-7-10-20(11-8-18)26-13-22-30-24(19-9-12-23-27-15-28-32(23)14-19)25(31-22)21-6-4-5-17(3)29-21;1-15-4-3-5-19(28-15)23-22(17-8-11-21-26-14-27-31(21)13-17)29-20(30-23)12-25-18-9-6-16(7-10-18)24(32)33-2;/h4-12,14-15,26H,2,13H2,1,3H3,(H,30,31);2*4-12,14-15,26H,1,13H2,2-3H3,(H,30,31);3-11,13-14,25H,12H2,1-2H3,(H,29,30);1H4. The van der Waals surface area contributed by atoms with Crippen molar-refractivity contribution in [3.8, 4) is 90.6 Å². The van der Waals surface area contributed by atoms with Crippen LogP contribution in [0.15, 0.2) is 288 Å². The number of aryl methyl sites for hydroxylation is 4. The number of allylic oxidation sites excluding steroid dienone is 2. The van der Waals surface area contributed by atoms with Gasteiger partial charge >= 0.3 is 5.97 Å². The van der Waals surface area contributed by atoms with Crippen LogP contribution in [0.3, 0.4) is 0 Å². The Kier molecular flexibility index (Phi) is 26.1. The van der Waals surface area contributed by atoms with E-state index < -0.39 is 0 Å². The number of ether oxygens (including phenoxy) is 2. The van der Waals surface area contributed by atoms with E-state index in [1.807, 2.05) is 236 Å². The van der Waals surface area contributed by atoms with Crippen LogP contribution in [0, 0.1) is 27.7 Å². The fourth-order valence-electron chi connectivity index (χ4n) is 14.4. The molecular weight excluding hydrogens is 1640 g/mol. The van der Waals surface area contributed by atoms with E-state index in [0.717, 1.165) is 210 Å². The number of carbonyl (C=O) groups excluding carboxylic acids is 1. The lowest BCUT2D eigenvalue weighted by Crippen LogP contribution is -2.03. The van der Waals surface area contributed by atoms with Crippen LogP contribution in [0.4, 0.5) is 22.7 Å². The van der Waals surface area contributed by atoms with Gasteiger partial charge < -0.3 is 50.7 Å². The van der Waals surface area contributed by atoms with Crippen LogP contribution < -0.4 is 21.3 Å². The number of esters is 1. The molecule has 20 rings (SSSR count). The largest absolute Gasteiger partial charge is 0.497 e. The highest BCUT2D eigenvalue weighted by Crippen LogP contribution is 2.36. The lowest BCUT2D eigenvalue weighted by atomic mass is 10.1. The molecule has 0 spiro atoms. The molecule has 0 atom stereocenters. The van der Waals surface area contributed by atoms with Gasteiger partial charge in [0.1, 0.15) is 54.4 Å². The van der Waals surface area contributed by atoms with Gasteiger partial charge in [0.05, 0.1) is 114 Å². The fraction of sp³-hybridized carbons (Fsp3) is 0.130. The summed E-state index contributed by atoms with van der Waals surface area (Å²) < 4.78 is 16.9. The van der Waals surface area contributed by atoms with E-state index in [4.69, 9.17) is 44.4 Å². The predicted octanol–water partition coefficient (Wildman–Crippen LogP) is 19.5. The van der Waals surface area contributed by atoms with Crippen molar-refractivity contribution in [2.75, 3.05) is 35.5 Å². The number of anilines is 4. The highest BCUT2D eigenvalue weighted by Gasteiger charge is 2.23. The van der Waals surface area contributed by atoms with Gasteiger partial charge in [0, 0.05) is 98.1 Å². The zero-order valence-electron chi connectivity index (χ0n) is 72.5. The maximum atomic E-state index is 11.6. The quantitative estimate of drug-likeness (QED) is 0.0195. The van der Waals surface area contributed by atoms with Gasteiger partial charge in [-0.2, -0.15) is 20.4 Å². The summed E-state index contributed by atoms with van der Waals surface area (Å²) in [6.45, 7) is 25.9. The first-order chi connectivity index (χ1) is 63.3. The van der Waals surface area contributed by atoms with Crippen molar-refractivity contribution in [1.82, 2.24) is 118 Å². The van der Waals surface area contributed by atoms with E-state index in [2.05, 4.69) is 143 Å². The average molecular weight is 1740 g/mol. The Morgan fingerprint density at radius 2 is 0.618 bits per heavy atom. The number of nitrogens with zero attached hydrogens (tertiary/aromatic N) is 20. The van der Waals surface area contributed by atoms with Crippen LogP contribution in [0.5, 0.6) is 0 Å². The topological polar surface area (TPSA) is 371 Å². The van der Waals surface area contributed by atoms with Gasteiger partial charge in [-0.3, -0.25) is 19.9 Å². The number of hydrogen-bond acceptors (Lipinski definition) is 23. The van der Waals surface area contributed by atoms with Gasteiger partial charge in [-0.1, -0.05) is 99.0 Å². The van der Waals surface area contributed by atoms with Crippen LogP contribution in [0.2, 0.25) is 0 Å². The monoisotopic (exact) mass is 1730 g/mol. The summed E-state index contributed by atoms with van der Waals surface area (Å²) >= 11 is 0. The summed E-state index contributed by atoms with van der Waals surface area (Å²) in [7, 11) is 2.98. The lowest BCUT2D eigenvalue weighted by Gasteiger charge is -2.08. The molecule has 0 aliphatic rings. The van der Waals surface area contributed by atoms with E-state index >= 15 is 0 Å². The zero-order chi connectivity index (χ0) is 89.7. The molecule has 16 aromatic heterocycles. The van der Waals surface area contributed by atoms with Crippen molar-refractivity contribution in [3.05, 3.63) is 357 Å². The van der Waals surface area contributed by atoms with E-state index in [-0.39, 0.29) is 13.4 Å². The SMILES string of the molecule is C.C=C(C)c1ccc(NCc2nc(-c3ccc4ncnn4c3)c(-c3cccc(C)n3)[nH]2)cc1.C=C(C)c1cccc(NCc2nc(-c3ccc4ncnn4c3)c(-c3cccc(C)n3)[nH]2)c1.C=C(OC)c1cccc(NCc2nc(-c3ccc4ncnn4c3)c(-c3cccc(C)n3)[nH]2)c1.COC(=O)c1ccc(NCc2nc(-c3ccc4ncnn4c3)c(-c3cccc(C)n3)[nH]2)cc1. The Morgan fingerprint density at radius 3 is 0.916 bits per heavy atom. The summed E-state index contributed by atoms with van der Waals surface area (Å²) in [6.07, 6.45) is 13.8. The molecule has 0 fully saturated rings. The maximum absolute atomic E-state index is 11.6. The summed E-state index contributed by atoms with van der Waals surface area (Å²) in [5.41, 5.74) is 30.2. The summed E-state index contributed by atoms with van der Waals surface area (Å²) in [5, 5.41) is 30.7. The number of rotatable bonds is 25. The van der Waals surface area contributed by atoms with Crippen molar-refractivity contribution in [2.45, 2.75) is 75.1 Å². The van der Waals surface area contributed by atoms with E-state index in [9.17, 15) is 4.79 Å². The molecule has 20 aromatic rings. The van der Waals surface area contributed by atoms with Crippen LogP contribution in [-0.4, -0.2) is 138 Å². The molecule has 8 N–H and O–H groups in total. The number of fused-ring (bicyclic) bond motifs is 4. The molecule has 0 amide bonds. The number of H-pyrrole nitrogens is 4. The molecular formula is C100H94N28O3. The Morgan fingerprint density at radius 1 is 0.328 bits per heavy atom. The van der Waals surface area contributed by atoms with Crippen LogP contribution in [0.25, 0.3) is 130 Å². The fourth-order valence-corrected chi connectivity index (χ4v) is 14.4. The number of benzene rings is 4. The van der Waals surface area contributed by atoms with Crippen molar-refractivity contribution in [1.29, 1.82) is 0 Å². The van der Waals surface area contributed by atoms with E-state index in [1.165, 1.54) is 19.8 Å². The second-order valence-corrected chi connectivity index (χ2v) is 30.6. The van der Waals surface area contributed by atoms with Crippen molar-refractivity contribution >= 4 is 68.2 Å². The van der Waals surface area contributed by atoms with Crippen molar-refractivity contribution < 1.29 is 14.3 Å². The summed E-state index contributed by atoms with van der Waals surface area (Å²) in [6, 6.07) is 71.0. The zero-order valence-corrected chi connectivity index (χ0v) is 72.5. The Hall–Kier alpha value is -17.5. The molecule has 31 nitrogen and oxygen atoms in total. The minimum atomic E-state index is -0.364. The van der Waals surface area contributed by atoms with Crippen molar-refractivity contribution in [3.63, 3.8) is 0 Å². The number of hydrogen-bond donors (Lipinski definition) is 8. The predicted molar refractivity (Wildman–Crippen MR) is 513 cm³/mol. The molecule has 652 valence electrons. The molecule has 4 aromatic carbocycles. The first-order valence-electron chi connectivity index (χ1n) is 41.6. The average Bonchev–Trinajstić information content (AvgIpc) is 1.66. The minimum Gasteiger partial charge on any atom is -0.497 e. The van der Waals surface area contributed by atoms with Crippen molar-refractivity contribution in [2.24, 2.45) is 0 Å². The Labute approximate surface area is 754 Å². The Bertz CT molecular complexity index is 7490. The molecule has 0 aliphatic heterocycles. The van der Waals surface area contributed by atoms with Gasteiger partial charge in [0.15, 0.2) is 22.6 Å². The molecule has 131 heavy (non-hydrogen) atoms. The lowest BCUT2D eigenvalue weighted by molar-refractivity contribution is 0.0600. The number of pyridine rings is 8. The molecule has 0 bridgehead atoms. The molecule has 16 heterocycles. The van der Waals surface area contributed by atoms with Gasteiger partial charge in [0.2, 0.25) is 0 Å².